The first kappa shape index (κ1) is 13.6. The number of hydrogen-bond acceptors (Lipinski definition) is 3. The molecule has 1 rings (SSSR count). The van der Waals surface area contributed by atoms with Crippen LogP contribution >= 0.6 is 11.8 Å². The normalized spacial score (nSPS) is 11.8. The van der Waals surface area contributed by atoms with Crippen LogP contribution in [0.4, 0.5) is 0 Å². The number of benzene rings is 1. The summed E-state index contributed by atoms with van der Waals surface area (Å²) in [6, 6.07) is 9.59. The van der Waals surface area contributed by atoms with E-state index in [0.717, 1.165) is 4.90 Å². The molecular formula is C12H15NO3S. The van der Waals surface area contributed by atoms with E-state index < -0.39 is 11.9 Å². The number of rotatable bonds is 6. The maximum atomic E-state index is 11.4. The number of amides is 1. The molecule has 0 fully saturated rings. The first-order valence-electron chi connectivity index (χ1n) is 5.27. The molecule has 5 heteroatoms. The lowest BCUT2D eigenvalue weighted by molar-refractivity contribution is -0.141. The fourth-order valence-electron chi connectivity index (χ4n) is 1.07. The second kappa shape index (κ2) is 6.96. The van der Waals surface area contributed by atoms with Crippen molar-refractivity contribution in [3.63, 3.8) is 0 Å². The minimum absolute atomic E-state index is 0.146. The number of carbonyl (C=O) groups is 2. The van der Waals surface area contributed by atoms with Gasteiger partial charge in [-0.1, -0.05) is 25.1 Å². The van der Waals surface area contributed by atoms with Gasteiger partial charge in [-0.25, -0.2) is 0 Å². The van der Waals surface area contributed by atoms with Crippen molar-refractivity contribution in [3.05, 3.63) is 30.3 Å². The summed E-state index contributed by atoms with van der Waals surface area (Å²) in [7, 11) is 0. The fourth-order valence-corrected chi connectivity index (χ4v) is 1.82. The molecule has 0 saturated carbocycles. The molecule has 1 unspecified atom stereocenters. The molecule has 1 atom stereocenters. The van der Waals surface area contributed by atoms with Crippen molar-refractivity contribution in [3.8, 4) is 0 Å². The Balaban J connectivity index is 2.24. The molecule has 92 valence electrons. The van der Waals surface area contributed by atoms with E-state index in [-0.39, 0.29) is 12.5 Å². The molecule has 1 aromatic carbocycles. The van der Waals surface area contributed by atoms with Gasteiger partial charge in [0.25, 0.3) is 0 Å². The Bertz CT molecular complexity index is 381. The molecule has 2 N–H and O–H groups in total. The fraction of sp³-hybridized carbons (Fsp3) is 0.333. The quantitative estimate of drug-likeness (QED) is 0.756. The van der Waals surface area contributed by atoms with E-state index in [4.69, 9.17) is 5.11 Å². The van der Waals surface area contributed by atoms with Crippen LogP contribution in [0.3, 0.4) is 0 Å². The van der Waals surface area contributed by atoms with Gasteiger partial charge in [0.1, 0.15) is 0 Å². The van der Waals surface area contributed by atoms with E-state index in [0.29, 0.717) is 5.75 Å². The van der Waals surface area contributed by atoms with E-state index in [9.17, 15) is 9.59 Å². The van der Waals surface area contributed by atoms with Gasteiger partial charge in [-0.05, 0) is 12.1 Å². The average Bonchev–Trinajstić information content (AvgIpc) is 2.34. The lowest BCUT2D eigenvalue weighted by Gasteiger charge is -2.08. The van der Waals surface area contributed by atoms with Gasteiger partial charge in [0, 0.05) is 11.4 Å². The first-order valence-corrected chi connectivity index (χ1v) is 6.25. The second-order valence-electron chi connectivity index (χ2n) is 3.65. The number of hydrogen-bond donors (Lipinski definition) is 2. The van der Waals surface area contributed by atoms with Gasteiger partial charge in [-0.3, -0.25) is 9.59 Å². The highest BCUT2D eigenvalue weighted by atomic mass is 32.2. The van der Waals surface area contributed by atoms with Crippen LogP contribution in [0.25, 0.3) is 0 Å². The molecule has 0 aromatic heterocycles. The summed E-state index contributed by atoms with van der Waals surface area (Å²) >= 11 is 1.43. The molecule has 0 heterocycles. The van der Waals surface area contributed by atoms with E-state index in [1.807, 2.05) is 30.3 Å². The average molecular weight is 253 g/mol. The molecule has 0 aliphatic rings. The Morgan fingerprint density at radius 2 is 2.00 bits per heavy atom. The number of thioether (sulfide) groups is 1. The minimum Gasteiger partial charge on any atom is -0.481 e. The molecule has 0 aliphatic carbocycles. The zero-order valence-electron chi connectivity index (χ0n) is 9.55. The Morgan fingerprint density at radius 3 is 2.59 bits per heavy atom. The number of nitrogens with one attached hydrogen (secondary N) is 1. The van der Waals surface area contributed by atoms with Crippen molar-refractivity contribution < 1.29 is 14.7 Å². The van der Waals surface area contributed by atoms with Crippen molar-refractivity contribution >= 4 is 23.6 Å². The van der Waals surface area contributed by atoms with Crippen LogP contribution in [0.15, 0.2) is 35.2 Å². The maximum Gasteiger partial charge on any atom is 0.308 e. The first-order chi connectivity index (χ1) is 8.09. The third-order valence-electron chi connectivity index (χ3n) is 2.14. The van der Waals surface area contributed by atoms with E-state index in [1.54, 1.807) is 6.92 Å². The van der Waals surface area contributed by atoms with Crippen LogP contribution < -0.4 is 5.32 Å². The molecule has 0 bridgehead atoms. The maximum absolute atomic E-state index is 11.4. The second-order valence-corrected chi connectivity index (χ2v) is 4.69. The third-order valence-corrected chi connectivity index (χ3v) is 3.15. The summed E-state index contributed by atoms with van der Waals surface area (Å²) in [4.78, 5) is 23.0. The number of carboxylic acid groups (broad SMARTS) is 1. The van der Waals surface area contributed by atoms with Crippen LogP contribution in [-0.2, 0) is 9.59 Å². The summed E-state index contributed by atoms with van der Waals surface area (Å²) in [5, 5.41) is 11.2. The highest BCUT2D eigenvalue weighted by molar-refractivity contribution is 8.00. The van der Waals surface area contributed by atoms with E-state index in [2.05, 4.69) is 5.32 Å². The third kappa shape index (κ3) is 5.40. The van der Waals surface area contributed by atoms with Gasteiger partial charge < -0.3 is 10.4 Å². The van der Waals surface area contributed by atoms with Crippen molar-refractivity contribution in [2.24, 2.45) is 5.92 Å². The largest absolute Gasteiger partial charge is 0.481 e. The van der Waals surface area contributed by atoms with Crippen LogP contribution in [0.2, 0.25) is 0 Å². The molecule has 4 nitrogen and oxygen atoms in total. The molecule has 0 aliphatic heterocycles. The summed E-state index contributed by atoms with van der Waals surface area (Å²) < 4.78 is 0. The lowest BCUT2D eigenvalue weighted by atomic mass is 10.2. The van der Waals surface area contributed by atoms with Crippen LogP contribution in [0.1, 0.15) is 6.92 Å². The van der Waals surface area contributed by atoms with Gasteiger partial charge in [0.15, 0.2) is 0 Å². The number of aliphatic carboxylic acids is 1. The molecule has 17 heavy (non-hydrogen) atoms. The monoisotopic (exact) mass is 253 g/mol. The Hall–Kier alpha value is -1.49. The van der Waals surface area contributed by atoms with Gasteiger partial charge in [0.2, 0.25) is 5.91 Å². The van der Waals surface area contributed by atoms with E-state index in [1.165, 1.54) is 11.8 Å². The highest BCUT2D eigenvalue weighted by Crippen LogP contribution is 2.16. The summed E-state index contributed by atoms with van der Waals surface area (Å²) in [5.41, 5.74) is 0. The number of carboxylic acids is 1. The molecule has 0 saturated heterocycles. The zero-order valence-corrected chi connectivity index (χ0v) is 10.4. The Labute approximate surface area is 104 Å². The summed E-state index contributed by atoms with van der Waals surface area (Å²) in [6.07, 6.45) is 0. The zero-order chi connectivity index (χ0) is 12.7. The standard InChI is InChI=1S/C12H15NO3S/c1-9(12(15)16)7-13-11(14)8-17-10-5-3-2-4-6-10/h2-6,9H,7-8H2,1H3,(H,13,14)(H,15,16). The Kier molecular flexibility index (Phi) is 5.56. The number of carbonyl (C=O) groups excluding carboxylic acids is 1. The molecule has 0 spiro atoms. The smallest absolute Gasteiger partial charge is 0.308 e. The van der Waals surface area contributed by atoms with Crippen LogP contribution in [-0.4, -0.2) is 29.3 Å². The van der Waals surface area contributed by atoms with Crippen molar-refractivity contribution in [1.82, 2.24) is 5.32 Å². The van der Waals surface area contributed by atoms with Gasteiger partial charge >= 0.3 is 5.97 Å². The molecular weight excluding hydrogens is 238 g/mol. The van der Waals surface area contributed by atoms with Crippen LogP contribution in [0, 0.1) is 5.92 Å². The summed E-state index contributed by atoms with van der Waals surface area (Å²) in [5.74, 6) is -1.30. The summed E-state index contributed by atoms with van der Waals surface area (Å²) in [6.45, 7) is 1.73. The molecule has 1 aromatic rings. The predicted molar refractivity (Wildman–Crippen MR) is 67.0 cm³/mol. The topological polar surface area (TPSA) is 66.4 Å². The van der Waals surface area contributed by atoms with Gasteiger partial charge in [-0.2, -0.15) is 0 Å². The molecule has 0 radical (unpaired) electrons. The molecule has 1 amide bonds. The minimum atomic E-state index is -0.902. The lowest BCUT2D eigenvalue weighted by Crippen LogP contribution is -2.32. The van der Waals surface area contributed by atoms with Crippen LogP contribution in [0.5, 0.6) is 0 Å². The van der Waals surface area contributed by atoms with Crippen molar-refractivity contribution in [2.45, 2.75) is 11.8 Å². The Morgan fingerprint density at radius 1 is 1.35 bits per heavy atom. The SMILES string of the molecule is CC(CNC(=O)CSc1ccccc1)C(=O)O. The van der Waals surface area contributed by atoms with Gasteiger partial charge in [-0.15, -0.1) is 11.8 Å². The predicted octanol–water partition coefficient (Wildman–Crippen LogP) is 1.62. The van der Waals surface area contributed by atoms with Gasteiger partial charge in [0.05, 0.1) is 11.7 Å². The van der Waals surface area contributed by atoms with Crippen molar-refractivity contribution in [1.29, 1.82) is 0 Å². The highest BCUT2D eigenvalue weighted by Gasteiger charge is 2.11. The van der Waals surface area contributed by atoms with Crippen molar-refractivity contribution in [2.75, 3.05) is 12.3 Å². The van der Waals surface area contributed by atoms with E-state index >= 15 is 0 Å².